The van der Waals surface area contributed by atoms with Crippen LogP contribution in [0.25, 0.3) is 11.5 Å². The van der Waals surface area contributed by atoms with Gasteiger partial charge in [0, 0.05) is 11.6 Å². The number of hydrogen-bond donors (Lipinski definition) is 0. The summed E-state index contributed by atoms with van der Waals surface area (Å²) in [7, 11) is 1.59. The molecular formula is C15H13N3O5. The van der Waals surface area contributed by atoms with Crippen molar-refractivity contribution >= 4 is 5.97 Å². The maximum absolute atomic E-state index is 11.7. The Morgan fingerprint density at radius 3 is 2.61 bits per heavy atom. The summed E-state index contributed by atoms with van der Waals surface area (Å²) in [4.78, 5) is 15.9. The van der Waals surface area contributed by atoms with Crippen molar-refractivity contribution in [1.29, 1.82) is 0 Å². The van der Waals surface area contributed by atoms with Crippen molar-refractivity contribution in [2.45, 2.75) is 13.5 Å². The molecule has 2 aromatic heterocycles. The van der Waals surface area contributed by atoms with Gasteiger partial charge in [0.05, 0.1) is 12.8 Å². The van der Waals surface area contributed by atoms with E-state index >= 15 is 0 Å². The van der Waals surface area contributed by atoms with Crippen molar-refractivity contribution in [3.8, 4) is 17.2 Å². The van der Waals surface area contributed by atoms with Crippen molar-refractivity contribution in [3.05, 3.63) is 47.6 Å². The van der Waals surface area contributed by atoms with Crippen LogP contribution < -0.4 is 4.74 Å². The number of aryl methyl sites for hydroxylation is 1. The lowest BCUT2D eigenvalue weighted by molar-refractivity contribution is 0.0413. The third-order valence-corrected chi connectivity index (χ3v) is 2.97. The molecule has 0 N–H and O–H groups in total. The minimum Gasteiger partial charge on any atom is -0.497 e. The van der Waals surface area contributed by atoms with E-state index in [-0.39, 0.29) is 18.2 Å². The van der Waals surface area contributed by atoms with Crippen LogP contribution in [-0.2, 0) is 11.3 Å². The lowest BCUT2D eigenvalue weighted by Crippen LogP contribution is -2.05. The number of ether oxygens (including phenoxy) is 2. The second-order valence-corrected chi connectivity index (χ2v) is 4.65. The van der Waals surface area contributed by atoms with Gasteiger partial charge in [0.1, 0.15) is 5.75 Å². The lowest BCUT2D eigenvalue weighted by atomic mass is 10.2. The summed E-state index contributed by atoms with van der Waals surface area (Å²) < 4.78 is 20.1. The molecule has 8 heteroatoms. The van der Waals surface area contributed by atoms with E-state index in [1.165, 1.54) is 6.07 Å². The molecule has 2 heterocycles. The summed E-state index contributed by atoms with van der Waals surface area (Å²) in [5.41, 5.74) is 1.33. The minimum absolute atomic E-state index is 0.0290. The maximum atomic E-state index is 11.7. The third-order valence-electron chi connectivity index (χ3n) is 2.97. The van der Waals surface area contributed by atoms with Gasteiger partial charge in [-0.1, -0.05) is 10.3 Å². The van der Waals surface area contributed by atoms with Crippen LogP contribution in [0.1, 0.15) is 22.1 Å². The summed E-state index contributed by atoms with van der Waals surface area (Å²) in [6.07, 6.45) is 0. The molecule has 0 atom stereocenters. The fourth-order valence-corrected chi connectivity index (χ4v) is 1.82. The second-order valence-electron chi connectivity index (χ2n) is 4.65. The van der Waals surface area contributed by atoms with Gasteiger partial charge in [-0.2, -0.15) is 4.98 Å². The van der Waals surface area contributed by atoms with Crippen LogP contribution in [0.4, 0.5) is 0 Å². The van der Waals surface area contributed by atoms with Crippen LogP contribution >= 0.6 is 0 Å². The molecule has 3 rings (SSSR count). The van der Waals surface area contributed by atoms with E-state index < -0.39 is 5.97 Å². The number of methoxy groups -OCH3 is 1. The van der Waals surface area contributed by atoms with Crippen molar-refractivity contribution in [2.75, 3.05) is 7.11 Å². The summed E-state index contributed by atoms with van der Waals surface area (Å²) in [5, 5.41) is 7.38. The first-order valence-electron chi connectivity index (χ1n) is 6.73. The first kappa shape index (κ1) is 14.8. The molecule has 23 heavy (non-hydrogen) atoms. The number of aromatic nitrogens is 3. The first-order chi connectivity index (χ1) is 11.2. The number of hydrogen-bond acceptors (Lipinski definition) is 8. The largest absolute Gasteiger partial charge is 0.497 e. The van der Waals surface area contributed by atoms with Crippen molar-refractivity contribution in [2.24, 2.45) is 0 Å². The normalized spacial score (nSPS) is 10.5. The number of carbonyl (C=O) groups is 1. The molecule has 0 amide bonds. The SMILES string of the molecule is COc1ccc(-c2nc(COC(=O)c3cc(C)no3)no2)cc1. The van der Waals surface area contributed by atoms with Crippen LogP contribution in [0.2, 0.25) is 0 Å². The van der Waals surface area contributed by atoms with Gasteiger partial charge < -0.3 is 18.5 Å². The Morgan fingerprint density at radius 1 is 1.17 bits per heavy atom. The van der Waals surface area contributed by atoms with E-state index in [0.29, 0.717) is 11.6 Å². The minimum atomic E-state index is -0.638. The molecule has 0 aliphatic rings. The van der Waals surface area contributed by atoms with Crippen molar-refractivity contribution in [1.82, 2.24) is 15.3 Å². The van der Waals surface area contributed by atoms with Gasteiger partial charge in [-0.3, -0.25) is 0 Å². The van der Waals surface area contributed by atoms with Crippen LogP contribution in [0.5, 0.6) is 5.75 Å². The smallest absolute Gasteiger partial charge is 0.377 e. The fourth-order valence-electron chi connectivity index (χ4n) is 1.82. The molecule has 0 aliphatic carbocycles. The van der Waals surface area contributed by atoms with Crippen LogP contribution in [0.3, 0.4) is 0 Å². The topological polar surface area (TPSA) is 100 Å². The zero-order chi connectivity index (χ0) is 16.2. The Balaban J connectivity index is 1.63. The highest BCUT2D eigenvalue weighted by Crippen LogP contribution is 2.20. The number of nitrogens with zero attached hydrogens (tertiary/aromatic N) is 3. The Kier molecular flexibility index (Phi) is 4.05. The molecule has 8 nitrogen and oxygen atoms in total. The van der Waals surface area contributed by atoms with Gasteiger partial charge in [-0.25, -0.2) is 4.79 Å². The van der Waals surface area contributed by atoms with Crippen LogP contribution in [0.15, 0.2) is 39.4 Å². The quantitative estimate of drug-likeness (QED) is 0.662. The van der Waals surface area contributed by atoms with E-state index in [4.69, 9.17) is 18.5 Å². The van der Waals surface area contributed by atoms with Crippen LogP contribution in [-0.4, -0.2) is 28.4 Å². The van der Waals surface area contributed by atoms with Crippen molar-refractivity contribution < 1.29 is 23.3 Å². The van der Waals surface area contributed by atoms with Gasteiger partial charge in [0.25, 0.3) is 5.89 Å². The zero-order valence-electron chi connectivity index (χ0n) is 12.5. The molecule has 0 bridgehead atoms. The lowest BCUT2D eigenvalue weighted by Gasteiger charge is -1.99. The second kappa shape index (κ2) is 6.30. The zero-order valence-corrected chi connectivity index (χ0v) is 12.5. The molecule has 0 spiro atoms. The summed E-state index contributed by atoms with van der Waals surface area (Å²) in [6, 6.07) is 8.64. The molecule has 0 unspecified atom stereocenters. The molecule has 118 valence electrons. The first-order valence-corrected chi connectivity index (χ1v) is 6.73. The highest BCUT2D eigenvalue weighted by Gasteiger charge is 2.15. The van der Waals surface area contributed by atoms with Crippen molar-refractivity contribution in [3.63, 3.8) is 0 Å². The molecule has 0 aliphatic heterocycles. The predicted octanol–water partition coefficient (Wildman–Crippen LogP) is 2.40. The average molecular weight is 315 g/mol. The monoisotopic (exact) mass is 315 g/mol. The molecule has 3 aromatic rings. The van der Waals surface area contributed by atoms with E-state index in [2.05, 4.69) is 15.3 Å². The Bertz CT molecular complexity index is 807. The van der Waals surface area contributed by atoms with Gasteiger partial charge in [-0.15, -0.1) is 0 Å². The summed E-state index contributed by atoms with van der Waals surface area (Å²) in [5.74, 6) is 0.696. The average Bonchev–Trinajstić information content (AvgIpc) is 3.22. The van der Waals surface area contributed by atoms with E-state index in [1.807, 2.05) is 0 Å². The molecule has 0 fully saturated rings. The Hall–Kier alpha value is -3.16. The predicted molar refractivity (Wildman–Crippen MR) is 76.6 cm³/mol. The number of benzene rings is 1. The van der Waals surface area contributed by atoms with Crippen LogP contribution in [0, 0.1) is 6.92 Å². The standard InChI is InChI=1S/C15H13N3O5/c1-9-7-12(22-17-9)15(19)21-8-13-16-14(23-18-13)10-3-5-11(20-2)6-4-10/h3-7H,8H2,1-2H3. The molecular weight excluding hydrogens is 302 g/mol. The Morgan fingerprint density at radius 2 is 1.96 bits per heavy atom. The van der Waals surface area contributed by atoms with E-state index in [0.717, 1.165) is 11.3 Å². The molecule has 0 saturated heterocycles. The van der Waals surface area contributed by atoms with E-state index in [9.17, 15) is 4.79 Å². The molecule has 0 radical (unpaired) electrons. The van der Waals surface area contributed by atoms with E-state index in [1.54, 1.807) is 38.3 Å². The third kappa shape index (κ3) is 3.37. The van der Waals surface area contributed by atoms with Gasteiger partial charge in [-0.05, 0) is 31.2 Å². The van der Waals surface area contributed by atoms with Gasteiger partial charge in [0.15, 0.2) is 6.61 Å². The van der Waals surface area contributed by atoms with Gasteiger partial charge in [0.2, 0.25) is 11.6 Å². The molecule has 1 aromatic carbocycles. The maximum Gasteiger partial charge on any atom is 0.377 e. The highest BCUT2D eigenvalue weighted by molar-refractivity contribution is 5.86. The number of esters is 1. The highest BCUT2D eigenvalue weighted by atomic mass is 16.6. The number of rotatable bonds is 5. The Labute approximate surface area is 131 Å². The number of carbonyl (C=O) groups excluding carboxylic acids is 1. The fraction of sp³-hybridized carbons (Fsp3) is 0.200. The molecule has 0 saturated carbocycles. The van der Waals surface area contributed by atoms with Gasteiger partial charge >= 0.3 is 5.97 Å². The summed E-state index contributed by atoms with van der Waals surface area (Å²) in [6.45, 7) is 1.58. The summed E-state index contributed by atoms with van der Waals surface area (Å²) >= 11 is 0.